The molecule has 0 bridgehead atoms. The minimum Gasteiger partial charge on any atom is -0.300 e. The third-order valence-corrected chi connectivity index (χ3v) is 2.83. The zero-order chi connectivity index (χ0) is 11.6. The molecule has 15 heavy (non-hydrogen) atoms. The Bertz CT molecular complexity index is 366. The van der Waals surface area contributed by atoms with E-state index < -0.39 is 0 Å². The molecule has 1 aromatic heterocycles. The largest absolute Gasteiger partial charge is 0.300 e. The van der Waals surface area contributed by atoms with E-state index in [2.05, 4.69) is 18.9 Å². The first kappa shape index (κ1) is 12.0. The number of hydrogen-bond acceptors (Lipinski definition) is 2. The molecule has 1 unspecified atom stereocenters. The molecule has 84 valence electrons. The van der Waals surface area contributed by atoms with E-state index in [1.54, 1.807) is 6.92 Å². The van der Waals surface area contributed by atoms with Gasteiger partial charge in [-0.3, -0.25) is 9.48 Å². The van der Waals surface area contributed by atoms with E-state index >= 15 is 0 Å². The van der Waals surface area contributed by atoms with Crippen LogP contribution >= 0.6 is 0 Å². The van der Waals surface area contributed by atoms with Gasteiger partial charge < -0.3 is 0 Å². The topological polar surface area (TPSA) is 34.9 Å². The van der Waals surface area contributed by atoms with Crippen LogP contribution in [0.3, 0.4) is 0 Å². The summed E-state index contributed by atoms with van der Waals surface area (Å²) in [6.45, 7) is 9.92. The number of ketones is 1. The minimum atomic E-state index is 0.168. The van der Waals surface area contributed by atoms with E-state index in [-0.39, 0.29) is 11.8 Å². The number of aromatic nitrogens is 2. The summed E-state index contributed by atoms with van der Waals surface area (Å²) in [7, 11) is 0. The number of carbonyl (C=O) groups excluding carboxylic acids is 1. The molecule has 0 aliphatic carbocycles. The van der Waals surface area contributed by atoms with Crippen molar-refractivity contribution in [3.8, 4) is 0 Å². The number of carbonyl (C=O) groups is 1. The zero-order valence-electron chi connectivity index (χ0n) is 10.3. The monoisotopic (exact) mass is 208 g/mol. The van der Waals surface area contributed by atoms with Crippen molar-refractivity contribution in [2.45, 2.75) is 53.5 Å². The van der Waals surface area contributed by atoms with Crippen LogP contribution in [-0.2, 0) is 11.2 Å². The highest BCUT2D eigenvalue weighted by molar-refractivity contribution is 5.75. The first-order chi connectivity index (χ1) is 6.97. The third kappa shape index (κ3) is 2.46. The van der Waals surface area contributed by atoms with Crippen molar-refractivity contribution in [3.05, 3.63) is 17.0 Å². The van der Waals surface area contributed by atoms with Crippen molar-refractivity contribution >= 4 is 5.78 Å². The summed E-state index contributed by atoms with van der Waals surface area (Å²) in [6.07, 6.45) is 1.57. The molecule has 0 N–H and O–H groups in total. The molecule has 0 saturated heterocycles. The predicted molar refractivity (Wildman–Crippen MR) is 61.1 cm³/mol. The summed E-state index contributed by atoms with van der Waals surface area (Å²) < 4.78 is 1.98. The maximum atomic E-state index is 11.1. The van der Waals surface area contributed by atoms with Crippen LogP contribution in [0.25, 0.3) is 0 Å². The summed E-state index contributed by atoms with van der Waals surface area (Å²) in [5.41, 5.74) is 3.60. The van der Waals surface area contributed by atoms with Gasteiger partial charge in [-0.15, -0.1) is 0 Å². The van der Waals surface area contributed by atoms with Gasteiger partial charge in [0.1, 0.15) is 5.78 Å². The SMILES string of the molecule is CCc1c(C)nn(C(C)CC(C)=O)c1C. The highest BCUT2D eigenvalue weighted by Gasteiger charge is 2.15. The van der Waals surface area contributed by atoms with Gasteiger partial charge in [0, 0.05) is 12.1 Å². The fourth-order valence-electron chi connectivity index (χ4n) is 2.14. The Morgan fingerprint density at radius 2 is 2.07 bits per heavy atom. The van der Waals surface area contributed by atoms with Crippen LogP contribution < -0.4 is 0 Å². The second-order valence-electron chi connectivity index (χ2n) is 4.20. The lowest BCUT2D eigenvalue weighted by Crippen LogP contribution is -2.12. The predicted octanol–water partition coefficient (Wildman–Crippen LogP) is 2.60. The molecule has 3 nitrogen and oxygen atoms in total. The second-order valence-corrected chi connectivity index (χ2v) is 4.20. The molecule has 0 radical (unpaired) electrons. The fourth-order valence-corrected chi connectivity index (χ4v) is 2.14. The standard InChI is InChI=1S/C12H20N2O/c1-6-12-10(4)13-14(11(12)5)8(2)7-9(3)15/h8H,6-7H2,1-5H3. The van der Waals surface area contributed by atoms with E-state index in [9.17, 15) is 4.79 Å². The summed E-state index contributed by atoms with van der Waals surface area (Å²) in [5.74, 6) is 0.216. The van der Waals surface area contributed by atoms with Gasteiger partial charge >= 0.3 is 0 Å². The lowest BCUT2D eigenvalue weighted by molar-refractivity contribution is -0.117. The fraction of sp³-hybridized carbons (Fsp3) is 0.667. The van der Waals surface area contributed by atoms with Crippen LogP contribution in [0.2, 0.25) is 0 Å². The van der Waals surface area contributed by atoms with Crippen molar-refractivity contribution in [1.82, 2.24) is 9.78 Å². The molecule has 0 saturated carbocycles. The maximum Gasteiger partial charge on any atom is 0.131 e. The molecule has 1 aromatic rings. The molecular formula is C12H20N2O. The summed E-state index contributed by atoms with van der Waals surface area (Å²) in [5, 5.41) is 4.50. The molecule has 0 spiro atoms. The smallest absolute Gasteiger partial charge is 0.131 e. The Hall–Kier alpha value is -1.12. The van der Waals surface area contributed by atoms with Gasteiger partial charge in [0.15, 0.2) is 0 Å². The summed E-state index contributed by atoms with van der Waals surface area (Å²) in [6, 6.07) is 0.168. The van der Waals surface area contributed by atoms with Crippen LogP contribution in [-0.4, -0.2) is 15.6 Å². The second kappa shape index (κ2) is 4.60. The number of hydrogen-bond donors (Lipinski definition) is 0. The van der Waals surface area contributed by atoms with Gasteiger partial charge in [-0.2, -0.15) is 5.10 Å². The first-order valence-electron chi connectivity index (χ1n) is 5.51. The lowest BCUT2D eigenvalue weighted by atomic mass is 10.1. The van der Waals surface area contributed by atoms with E-state index in [1.165, 1.54) is 11.3 Å². The highest BCUT2D eigenvalue weighted by Crippen LogP contribution is 2.19. The maximum absolute atomic E-state index is 11.1. The van der Waals surface area contributed by atoms with Crippen molar-refractivity contribution in [2.75, 3.05) is 0 Å². The summed E-state index contributed by atoms with van der Waals surface area (Å²) >= 11 is 0. The van der Waals surface area contributed by atoms with E-state index in [4.69, 9.17) is 0 Å². The van der Waals surface area contributed by atoms with Crippen LogP contribution in [0.5, 0.6) is 0 Å². The molecule has 1 rings (SSSR count). The van der Waals surface area contributed by atoms with Gasteiger partial charge in [0.05, 0.1) is 11.7 Å². The van der Waals surface area contributed by atoms with Crippen molar-refractivity contribution in [1.29, 1.82) is 0 Å². The molecule has 0 aliphatic rings. The van der Waals surface area contributed by atoms with Gasteiger partial charge in [-0.25, -0.2) is 0 Å². The van der Waals surface area contributed by atoms with Gasteiger partial charge in [-0.05, 0) is 39.7 Å². The molecular weight excluding hydrogens is 188 g/mol. The van der Waals surface area contributed by atoms with Gasteiger partial charge in [-0.1, -0.05) is 6.92 Å². The molecule has 0 aromatic carbocycles. The molecule has 0 fully saturated rings. The lowest BCUT2D eigenvalue weighted by Gasteiger charge is -2.12. The molecule has 0 aliphatic heterocycles. The highest BCUT2D eigenvalue weighted by atomic mass is 16.1. The minimum absolute atomic E-state index is 0.168. The number of Topliss-reactive ketones (excluding diaryl/α,β-unsaturated/α-hetero) is 1. The van der Waals surface area contributed by atoms with Gasteiger partial charge in [0.25, 0.3) is 0 Å². The Labute approximate surface area is 91.5 Å². The number of rotatable bonds is 4. The van der Waals surface area contributed by atoms with Crippen LogP contribution in [0.1, 0.15) is 50.2 Å². The average molecular weight is 208 g/mol. The van der Waals surface area contributed by atoms with Crippen LogP contribution in [0.4, 0.5) is 0 Å². The van der Waals surface area contributed by atoms with E-state index in [1.807, 2.05) is 18.5 Å². The Morgan fingerprint density at radius 1 is 1.47 bits per heavy atom. The van der Waals surface area contributed by atoms with E-state index in [0.29, 0.717) is 6.42 Å². The van der Waals surface area contributed by atoms with Crippen molar-refractivity contribution in [2.24, 2.45) is 0 Å². The Morgan fingerprint density at radius 3 is 2.47 bits per heavy atom. The van der Waals surface area contributed by atoms with Crippen molar-refractivity contribution in [3.63, 3.8) is 0 Å². The number of nitrogens with zero attached hydrogens (tertiary/aromatic N) is 2. The Kier molecular flexibility index (Phi) is 3.66. The molecule has 1 heterocycles. The molecule has 3 heteroatoms. The van der Waals surface area contributed by atoms with Crippen LogP contribution in [0.15, 0.2) is 0 Å². The first-order valence-corrected chi connectivity index (χ1v) is 5.51. The molecule has 1 atom stereocenters. The zero-order valence-corrected chi connectivity index (χ0v) is 10.3. The summed E-state index contributed by atoms with van der Waals surface area (Å²) in [4.78, 5) is 11.1. The van der Waals surface area contributed by atoms with Gasteiger partial charge in [0.2, 0.25) is 0 Å². The third-order valence-electron chi connectivity index (χ3n) is 2.83. The normalized spacial score (nSPS) is 12.9. The quantitative estimate of drug-likeness (QED) is 0.762. The van der Waals surface area contributed by atoms with Crippen molar-refractivity contribution < 1.29 is 4.79 Å². The molecule has 0 amide bonds. The van der Waals surface area contributed by atoms with Crippen LogP contribution in [0, 0.1) is 13.8 Å². The Balaban J connectivity index is 2.99. The average Bonchev–Trinajstić information content (AvgIpc) is 2.40. The van der Waals surface area contributed by atoms with E-state index in [0.717, 1.165) is 12.1 Å². The number of aryl methyl sites for hydroxylation is 1.